The molecule has 0 N–H and O–H groups in total. The molecule has 0 aliphatic heterocycles. The summed E-state index contributed by atoms with van der Waals surface area (Å²) < 4.78 is 9.28. The van der Waals surface area contributed by atoms with Gasteiger partial charge in [-0.3, -0.25) is 0 Å². The van der Waals surface area contributed by atoms with Crippen molar-refractivity contribution in [2.45, 2.75) is 0 Å². The van der Waals surface area contributed by atoms with Gasteiger partial charge in [0, 0.05) is 53.6 Å². The molecule has 0 aliphatic carbocycles. The molecule has 0 saturated heterocycles. The van der Waals surface area contributed by atoms with Crippen molar-refractivity contribution in [2.24, 2.45) is 0 Å². The molecule has 65 heavy (non-hydrogen) atoms. The number of nitrogens with zero attached hydrogens (tertiary/aromatic N) is 1. The summed E-state index contributed by atoms with van der Waals surface area (Å²) in [6.07, 6.45) is 0. The third kappa shape index (κ3) is 6.31. The number of thiophene rings is 1. The number of rotatable bonds is 7. The van der Waals surface area contributed by atoms with Gasteiger partial charge in [0.15, 0.2) is 0 Å². The van der Waals surface area contributed by atoms with Crippen molar-refractivity contribution >= 4 is 92.1 Å². The van der Waals surface area contributed by atoms with Crippen LogP contribution in [0.5, 0.6) is 0 Å². The highest BCUT2D eigenvalue weighted by Crippen LogP contribution is 2.45. The minimum absolute atomic E-state index is 0.907. The monoisotopic (exact) mass is 845 g/mol. The summed E-state index contributed by atoms with van der Waals surface area (Å²) in [6, 6.07) is 85.7. The highest BCUT2D eigenvalue weighted by atomic mass is 32.1. The van der Waals surface area contributed by atoms with E-state index in [0.717, 1.165) is 44.7 Å². The van der Waals surface area contributed by atoms with Crippen molar-refractivity contribution in [3.8, 4) is 44.5 Å². The van der Waals surface area contributed by atoms with E-state index >= 15 is 0 Å². The van der Waals surface area contributed by atoms with E-state index in [1.807, 2.05) is 11.3 Å². The predicted molar refractivity (Wildman–Crippen MR) is 278 cm³/mol. The molecule has 0 unspecified atom stereocenters. The molecule has 3 heteroatoms. The normalized spacial score (nSPS) is 11.7. The molecule has 0 fully saturated rings. The van der Waals surface area contributed by atoms with Gasteiger partial charge < -0.3 is 9.32 Å². The number of fused-ring (bicyclic) bond motifs is 10. The second-order valence-corrected chi connectivity index (χ2v) is 17.9. The van der Waals surface area contributed by atoms with E-state index in [0.29, 0.717) is 0 Å². The largest absolute Gasteiger partial charge is 0.455 e. The van der Waals surface area contributed by atoms with E-state index in [4.69, 9.17) is 4.42 Å². The predicted octanol–water partition coefficient (Wildman–Crippen LogP) is 18.4. The fourth-order valence-corrected chi connectivity index (χ4v) is 11.2. The van der Waals surface area contributed by atoms with Crippen LogP contribution < -0.4 is 4.90 Å². The second-order valence-electron chi connectivity index (χ2n) is 16.8. The Hall–Kier alpha value is -8.24. The molecular formula is C62H39NOS. The van der Waals surface area contributed by atoms with Gasteiger partial charge in [-0.15, -0.1) is 11.3 Å². The molecule has 0 saturated carbocycles. The van der Waals surface area contributed by atoms with Crippen LogP contribution in [0.4, 0.5) is 17.1 Å². The summed E-state index contributed by atoms with van der Waals surface area (Å²) in [5, 5.41) is 9.96. The first-order valence-corrected chi connectivity index (χ1v) is 23.0. The quantitative estimate of drug-likeness (QED) is 0.159. The van der Waals surface area contributed by atoms with Crippen molar-refractivity contribution in [3.05, 3.63) is 237 Å². The molecule has 0 amide bonds. The summed E-state index contributed by atoms with van der Waals surface area (Å²) >= 11 is 1.89. The molecule has 2 aromatic heterocycles. The zero-order chi connectivity index (χ0) is 42.8. The standard InChI is InChI=1S/C62H39NOS/c1-2-10-40(11-3-1)41-20-22-42(23-21-41)43-24-32-48(33-25-43)63(49-34-26-46(27-35-49)53-16-8-18-55-59-51-14-6-4-12-44(51)30-38-57(59)64-61(53)55)50-36-28-47(29-37-50)54-17-9-19-56-60-52-15-7-5-13-45(52)31-39-58(60)65-62(54)56/h1-39H. The van der Waals surface area contributed by atoms with Gasteiger partial charge in [0.25, 0.3) is 0 Å². The van der Waals surface area contributed by atoms with Gasteiger partial charge in [-0.25, -0.2) is 0 Å². The fourth-order valence-electron chi connectivity index (χ4n) is 9.91. The Morgan fingerprint density at radius 2 is 0.769 bits per heavy atom. The number of benzene rings is 11. The minimum Gasteiger partial charge on any atom is -0.455 e. The molecule has 13 rings (SSSR count). The van der Waals surface area contributed by atoms with Crippen molar-refractivity contribution in [2.75, 3.05) is 4.90 Å². The van der Waals surface area contributed by atoms with Gasteiger partial charge in [-0.2, -0.15) is 0 Å². The highest BCUT2D eigenvalue weighted by Gasteiger charge is 2.18. The van der Waals surface area contributed by atoms with E-state index in [1.54, 1.807) is 0 Å². The first kappa shape index (κ1) is 37.3. The SMILES string of the molecule is c1ccc(-c2ccc(-c3ccc(N(c4ccc(-c5cccc6c5oc5ccc7ccccc7c56)cc4)c4ccc(-c5cccc6c5sc5ccc7ccccc7c56)cc4)cc3)cc2)cc1. The Bertz CT molecular complexity index is 3700. The van der Waals surface area contributed by atoms with Gasteiger partial charge in [0.05, 0.1) is 0 Å². The molecule has 0 bridgehead atoms. The lowest BCUT2D eigenvalue weighted by molar-refractivity contribution is 0.670. The molecule has 0 spiro atoms. The van der Waals surface area contributed by atoms with Crippen molar-refractivity contribution in [1.29, 1.82) is 0 Å². The average Bonchev–Trinajstić information content (AvgIpc) is 3.97. The molecule has 2 heterocycles. The van der Waals surface area contributed by atoms with E-state index in [2.05, 4.69) is 241 Å². The smallest absolute Gasteiger partial charge is 0.143 e. The molecular weight excluding hydrogens is 807 g/mol. The van der Waals surface area contributed by atoms with Crippen LogP contribution in [0.2, 0.25) is 0 Å². The number of hydrogen-bond donors (Lipinski definition) is 0. The summed E-state index contributed by atoms with van der Waals surface area (Å²) in [4.78, 5) is 2.36. The highest BCUT2D eigenvalue weighted by molar-refractivity contribution is 7.26. The van der Waals surface area contributed by atoms with Gasteiger partial charge in [-0.1, -0.05) is 188 Å². The minimum atomic E-state index is 0.907. The van der Waals surface area contributed by atoms with Crippen LogP contribution in [0.15, 0.2) is 241 Å². The van der Waals surface area contributed by atoms with Crippen LogP contribution in [0.1, 0.15) is 0 Å². The van der Waals surface area contributed by atoms with E-state index < -0.39 is 0 Å². The lowest BCUT2D eigenvalue weighted by Crippen LogP contribution is -2.09. The van der Waals surface area contributed by atoms with Gasteiger partial charge in [0.1, 0.15) is 11.2 Å². The topological polar surface area (TPSA) is 16.4 Å². The molecule has 0 radical (unpaired) electrons. The molecule has 304 valence electrons. The van der Waals surface area contributed by atoms with Crippen LogP contribution in [-0.2, 0) is 0 Å². The average molecular weight is 846 g/mol. The third-order valence-corrected chi connectivity index (χ3v) is 14.3. The Morgan fingerprint density at radius 3 is 1.40 bits per heavy atom. The zero-order valence-corrected chi connectivity index (χ0v) is 36.1. The molecule has 0 aliphatic rings. The summed E-state index contributed by atoms with van der Waals surface area (Å²) in [5.41, 5.74) is 14.5. The van der Waals surface area contributed by atoms with Crippen LogP contribution in [0, 0.1) is 0 Å². The molecule has 0 atom stereocenters. The van der Waals surface area contributed by atoms with Gasteiger partial charge in [-0.05, 0) is 109 Å². The van der Waals surface area contributed by atoms with Crippen LogP contribution in [0.3, 0.4) is 0 Å². The Labute approximate surface area is 380 Å². The van der Waals surface area contributed by atoms with Crippen LogP contribution in [0.25, 0.3) is 108 Å². The van der Waals surface area contributed by atoms with Crippen molar-refractivity contribution < 1.29 is 4.42 Å². The number of hydrogen-bond acceptors (Lipinski definition) is 3. The summed E-state index contributed by atoms with van der Waals surface area (Å²) in [5.74, 6) is 0. The van der Waals surface area contributed by atoms with Crippen molar-refractivity contribution in [1.82, 2.24) is 0 Å². The van der Waals surface area contributed by atoms with E-state index in [1.165, 1.54) is 80.5 Å². The third-order valence-electron chi connectivity index (χ3n) is 13.1. The second kappa shape index (κ2) is 15.2. The Balaban J connectivity index is 0.890. The van der Waals surface area contributed by atoms with E-state index in [9.17, 15) is 0 Å². The van der Waals surface area contributed by atoms with Crippen LogP contribution in [-0.4, -0.2) is 0 Å². The lowest BCUT2D eigenvalue weighted by Gasteiger charge is -2.26. The van der Waals surface area contributed by atoms with E-state index in [-0.39, 0.29) is 0 Å². The maximum Gasteiger partial charge on any atom is 0.143 e. The van der Waals surface area contributed by atoms with Crippen LogP contribution >= 0.6 is 11.3 Å². The zero-order valence-electron chi connectivity index (χ0n) is 35.3. The Kier molecular flexibility index (Phi) is 8.75. The van der Waals surface area contributed by atoms with Crippen molar-refractivity contribution in [3.63, 3.8) is 0 Å². The number of furan rings is 1. The summed E-state index contributed by atoms with van der Waals surface area (Å²) in [6.45, 7) is 0. The van der Waals surface area contributed by atoms with Gasteiger partial charge >= 0.3 is 0 Å². The van der Waals surface area contributed by atoms with Gasteiger partial charge in [0.2, 0.25) is 0 Å². The summed E-state index contributed by atoms with van der Waals surface area (Å²) in [7, 11) is 0. The first-order valence-electron chi connectivity index (χ1n) is 22.1. The maximum absolute atomic E-state index is 6.64. The Morgan fingerprint density at radius 1 is 0.308 bits per heavy atom. The number of anilines is 3. The number of para-hydroxylation sites is 1. The lowest BCUT2D eigenvalue weighted by atomic mass is 9.99. The first-order chi connectivity index (χ1) is 32.2. The molecule has 13 aromatic rings. The maximum atomic E-state index is 6.64. The molecule has 2 nitrogen and oxygen atoms in total. The fraction of sp³-hybridized carbons (Fsp3) is 0. The molecule has 11 aromatic carbocycles.